The van der Waals surface area contributed by atoms with E-state index in [9.17, 15) is 40.5 Å². The van der Waals surface area contributed by atoms with Crippen molar-refractivity contribution in [3.05, 3.63) is 58.1 Å². The van der Waals surface area contributed by atoms with Gasteiger partial charge < -0.3 is 40.5 Å². The summed E-state index contributed by atoms with van der Waals surface area (Å²) in [5.74, 6) is -2.34. The Bertz CT molecular complexity index is 987. The topological polar surface area (TPSA) is 168 Å². The van der Waals surface area contributed by atoms with Crippen molar-refractivity contribution in [2.24, 2.45) is 0 Å². The summed E-state index contributed by atoms with van der Waals surface area (Å²) in [6.07, 6.45) is -7.22. The van der Waals surface area contributed by atoms with Gasteiger partial charge in [0.05, 0.1) is 30.4 Å². The highest BCUT2D eigenvalue weighted by atomic mass is 16.5. The molecular weight excluding hydrogens is 396 g/mol. The van der Waals surface area contributed by atoms with Crippen molar-refractivity contribution < 1.29 is 45.3 Å². The monoisotopic (exact) mass is 418 g/mol. The van der Waals surface area contributed by atoms with Gasteiger partial charge in [0.2, 0.25) is 5.78 Å². The number of fused-ring (bicyclic) bond motifs is 2. The molecule has 6 atom stereocenters. The van der Waals surface area contributed by atoms with Gasteiger partial charge in [0.15, 0.2) is 0 Å². The number of aliphatic hydroxyl groups is 5. The van der Waals surface area contributed by atoms with Crippen LogP contribution < -0.4 is 0 Å². The van der Waals surface area contributed by atoms with E-state index in [0.717, 1.165) is 0 Å². The number of hydrogen-bond donors (Lipinski definition) is 7. The molecule has 2 aromatic rings. The van der Waals surface area contributed by atoms with Gasteiger partial charge in [-0.3, -0.25) is 4.79 Å². The lowest BCUT2D eigenvalue weighted by Crippen LogP contribution is -2.60. The third kappa shape index (κ3) is 2.99. The molecular formula is C21H22O9. The van der Waals surface area contributed by atoms with Crippen LogP contribution in [0.15, 0.2) is 30.3 Å². The molecule has 30 heavy (non-hydrogen) atoms. The predicted molar refractivity (Wildman–Crippen MR) is 101 cm³/mol. The third-order valence-electron chi connectivity index (χ3n) is 5.85. The normalized spacial score (nSPS) is 30.6. The summed E-state index contributed by atoms with van der Waals surface area (Å²) in [4.78, 5) is 13.1. The van der Waals surface area contributed by atoms with Crippen LogP contribution in [0.2, 0.25) is 0 Å². The quantitative estimate of drug-likeness (QED) is 0.334. The second-order valence-electron chi connectivity index (χ2n) is 7.58. The molecule has 160 valence electrons. The standard InChI is InChI=1S/C21H22O9/c22-6-8-4-10-14(21-20(29)19(28)17(26)13(7-23)30-21)9-2-1-3-11(24)15(9)18(27)16(10)12(25)5-8/h1-5,13-14,17,19-26,28-29H,6-7H2/t13-,14-,17+,19+,20+,21-/m0/s1. The molecule has 0 unspecified atom stereocenters. The Morgan fingerprint density at radius 3 is 2.23 bits per heavy atom. The molecule has 1 fully saturated rings. The van der Waals surface area contributed by atoms with E-state index in [1.54, 1.807) is 6.07 Å². The first-order valence-electron chi connectivity index (χ1n) is 9.43. The van der Waals surface area contributed by atoms with Crippen LogP contribution >= 0.6 is 0 Å². The van der Waals surface area contributed by atoms with E-state index in [0.29, 0.717) is 5.56 Å². The minimum Gasteiger partial charge on any atom is -0.507 e. The fourth-order valence-corrected chi connectivity index (χ4v) is 4.41. The third-order valence-corrected chi connectivity index (χ3v) is 5.85. The maximum atomic E-state index is 13.1. The summed E-state index contributed by atoms with van der Waals surface area (Å²) in [6.45, 7) is -1.06. The van der Waals surface area contributed by atoms with Crippen LogP contribution in [0, 0.1) is 0 Å². The van der Waals surface area contributed by atoms with E-state index in [1.165, 1.54) is 24.3 Å². The molecule has 7 N–H and O–H groups in total. The van der Waals surface area contributed by atoms with Crippen molar-refractivity contribution >= 4 is 5.78 Å². The summed E-state index contributed by atoms with van der Waals surface area (Å²) < 4.78 is 5.73. The van der Waals surface area contributed by atoms with Crippen molar-refractivity contribution in [3.8, 4) is 11.5 Å². The number of aliphatic hydroxyl groups excluding tert-OH is 5. The Morgan fingerprint density at radius 1 is 0.867 bits per heavy atom. The van der Waals surface area contributed by atoms with Gasteiger partial charge in [-0.1, -0.05) is 18.2 Å². The highest BCUT2D eigenvalue weighted by Crippen LogP contribution is 2.47. The summed E-state index contributed by atoms with van der Waals surface area (Å²) in [6, 6.07) is 7.06. The highest BCUT2D eigenvalue weighted by Gasteiger charge is 2.50. The lowest BCUT2D eigenvalue weighted by Gasteiger charge is -2.45. The zero-order valence-corrected chi connectivity index (χ0v) is 15.7. The number of ketones is 1. The number of hydrogen-bond acceptors (Lipinski definition) is 9. The first-order chi connectivity index (χ1) is 14.3. The van der Waals surface area contributed by atoms with Crippen molar-refractivity contribution in [1.82, 2.24) is 0 Å². The fourth-order valence-electron chi connectivity index (χ4n) is 4.41. The molecule has 2 aliphatic rings. The van der Waals surface area contributed by atoms with E-state index < -0.39 is 61.2 Å². The van der Waals surface area contributed by atoms with E-state index in [4.69, 9.17) is 4.74 Å². The number of rotatable bonds is 3. The maximum absolute atomic E-state index is 13.1. The summed E-state index contributed by atoms with van der Waals surface area (Å²) in [5.41, 5.74) is 0.609. The number of phenols is 2. The van der Waals surface area contributed by atoms with Crippen LogP contribution in [0.5, 0.6) is 11.5 Å². The molecule has 1 aliphatic carbocycles. The predicted octanol–water partition coefficient (Wildman–Crippen LogP) is -0.891. The fraction of sp³-hybridized carbons (Fsp3) is 0.381. The van der Waals surface area contributed by atoms with Gasteiger partial charge >= 0.3 is 0 Å². The number of phenolic OH excluding ortho intramolecular Hbond substituents is 2. The van der Waals surface area contributed by atoms with E-state index in [1.807, 2.05) is 0 Å². The van der Waals surface area contributed by atoms with Crippen LogP contribution in [0.25, 0.3) is 0 Å². The molecule has 1 aliphatic heterocycles. The molecule has 0 aromatic heterocycles. The van der Waals surface area contributed by atoms with Gasteiger partial charge in [-0.15, -0.1) is 0 Å². The van der Waals surface area contributed by atoms with Crippen molar-refractivity contribution in [3.63, 3.8) is 0 Å². The zero-order valence-electron chi connectivity index (χ0n) is 15.7. The van der Waals surface area contributed by atoms with Gasteiger partial charge in [0.25, 0.3) is 0 Å². The van der Waals surface area contributed by atoms with Gasteiger partial charge in [0.1, 0.15) is 35.9 Å². The number of benzene rings is 2. The number of carbonyl (C=O) groups is 1. The molecule has 0 saturated carbocycles. The Hall–Kier alpha value is -2.53. The molecule has 9 heteroatoms. The molecule has 9 nitrogen and oxygen atoms in total. The zero-order chi connectivity index (χ0) is 21.7. The second-order valence-corrected chi connectivity index (χ2v) is 7.58. The molecule has 1 heterocycles. The summed E-state index contributed by atoms with van der Waals surface area (Å²) >= 11 is 0. The minimum atomic E-state index is -1.64. The minimum absolute atomic E-state index is 0.0843. The van der Waals surface area contributed by atoms with Gasteiger partial charge in [-0.25, -0.2) is 0 Å². The van der Waals surface area contributed by atoms with Crippen LogP contribution in [0.4, 0.5) is 0 Å². The van der Waals surface area contributed by atoms with Gasteiger partial charge in [-0.2, -0.15) is 0 Å². The van der Waals surface area contributed by atoms with Gasteiger partial charge in [0, 0.05) is 5.92 Å². The maximum Gasteiger partial charge on any atom is 0.201 e. The molecule has 1 saturated heterocycles. The van der Waals surface area contributed by atoms with E-state index >= 15 is 0 Å². The summed E-state index contributed by atoms with van der Waals surface area (Å²) in [7, 11) is 0. The molecule has 0 radical (unpaired) electrons. The van der Waals surface area contributed by atoms with Crippen LogP contribution in [-0.2, 0) is 11.3 Å². The number of ether oxygens (including phenoxy) is 1. The molecule has 2 aromatic carbocycles. The second kappa shape index (κ2) is 7.62. The van der Waals surface area contributed by atoms with Crippen molar-refractivity contribution in [1.29, 1.82) is 0 Å². The Morgan fingerprint density at radius 2 is 1.57 bits per heavy atom. The van der Waals surface area contributed by atoms with Crippen LogP contribution in [0.3, 0.4) is 0 Å². The van der Waals surface area contributed by atoms with Crippen molar-refractivity contribution in [2.75, 3.05) is 6.61 Å². The first-order valence-corrected chi connectivity index (χ1v) is 9.43. The molecule has 0 bridgehead atoms. The average Bonchev–Trinajstić information content (AvgIpc) is 2.73. The number of carbonyl (C=O) groups excluding carboxylic acids is 1. The lowest BCUT2D eigenvalue weighted by atomic mass is 9.71. The highest BCUT2D eigenvalue weighted by molar-refractivity contribution is 6.16. The SMILES string of the molecule is O=C1c2c(O)cccc2[C@H]([C@@H]2O[C@@H](CO)[C@@H](O)[C@@H](O)[C@H]2O)c2cc(CO)cc(O)c21. The Kier molecular flexibility index (Phi) is 5.27. The molecule has 4 rings (SSSR count). The largest absolute Gasteiger partial charge is 0.507 e. The summed E-state index contributed by atoms with van der Waals surface area (Å²) in [5, 5.41) is 71.0. The Labute approximate surface area is 171 Å². The van der Waals surface area contributed by atoms with E-state index in [2.05, 4.69) is 0 Å². The average molecular weight is 418 g/mol. The van der Waals surface area contributed by atoms with Crippen molar-refractivity contribution in [2.45, 2.75) is 43.0 Å². The van der Waals surface area contributed by atoms with Crippen LogP contribution in [-0.4, -0.2) is 78.7 Å². The lowest BCUT2D eigenvalue weighted by molar-refractivity contribution is -0.232. The smallest absolute Gasteiger partial charge is 0.201 e. The van der Waals surface area contributed by atoms with Gasteiger partial charge in [-0.05, 0) is 28.8 Å². The molecule has 0 spiro atoms. The van der Waals surface area contributed by atoms with Crippen LogP contribution in [0.1, 0.15) is 38.5 Å². The Balaban J connectivity index is 1.96. The molecule has 0 amide bonds. The number of aromatic hydroxyl groups is 2. The first kappa shape index (κ1) is 20.7. The van der Waals surface area contributed by atoms with E-state index in [-0.39, 0.29) is 28.0 Å².